The molecule has 2 fully saturated rings. The standard InChI is InChI=1S/C23H33NO2S/c1-2-23(12-6-13-23)22(26)11-4-10-20-19(17(16-24)15-21(20)25)9-3-7-18-8-5-14-27-18/h4-5,8,10,14,17,19-22,25-26H,2-3,6-7,9,11-13,15H2,1H3/b10-4+/t17-,19-,20+,21+,22?/m0/s1. The third kappa shape index (κ3) is 4.65. The fraction of sp³-hybridized carbons (Fsp3) is 0.696. The van der Waals surface area contributed by atoms with Gasteiger partial charge in [-0.15, -0.1) is 11.3 Å². The van der Waals surface area contributed by atoms with E-state index in [-0.39, 0.29) is 29.3 Å². The van der Waals surface area contributed by atoms with Crippen LogP contribution in [0.1, 0.15) is 63.2 Å². The Kier molecular flexibility index (Phi) is 7.14. The van der Waals surface area contributed by atoms with Crippen molar-refractivity contribution in [2.75, 3.05) is 0 Å². The molecule has 5 atom stereocenters. The minimum absolute atomic E-state index is 0.0455. The van der Waals surface area contributed by atoms with E-state index in [9.17, 15) is 15.5 Å². The molecule has 148 valence electrons. The van der Waals surface area contributed by atoms with E-state index in [0.29, 0.717) is 12.8 Å². The van der Waals surface area contributed by atoms with Crippen molar-refractivity contribution in [3.8, 4) is 6.07 Å². The second-order valence-corrected chi connectivity index (χ2v) is 9.53. The summed E-state index contributed by atoms with van der Waals surface area (Å²) in [4.78, 5) is 1.39. The van der Waals surface area contributed by atoms with Gasteiger partial charge < -0.3 is 10.2 Å². The van der Waals surface area contributed by atoms with E-state index in [1.165, 1.54) is 11.3 Å². The molecule has 3 nitrogen and oxygen atoms in total. The first kappa shape index (κ1) is 20.6. The highest BCUT2D eigenvalue weighted by Gasteiger charge is 2.42. The van der Waals surface area contributed by atoms with Crippen molar-refractivity contribution in [1.29, 1.82) is 5.26 Å². The molecule has 0 spiro atoms. The summed E-state index contributed by atoms with van der Waals surface area (Å²) in [5.74, 6) is 0.211. The Balaban J connectivity index is 1.56. The molecule has 4 heteroatoms. The van der Waals surface area contributed by atoms with Crippen molar-refractivity contribution in [3.05, 3.63) is 34.5 Å². The van der Waals surface area contributed by atoms with Gasteiger partial charge in [0.1, 0.15) is 0 Å². The normalized spacial score (nSPS) is 30.9. The summed E-state index contributed by atoms with van der Waals surface area (Å²) in [6, 6.07) is 6.68. The van der Waals surface area contributed by atoms with E-state index in [2.05, 4.69) is 42.7 Å². The number of aliphatic hydroxyl groups is 2. The van der Waals surface area contributed by atoms with Crippen LogP contribution in [0.3, 0.4) is 0 Å². The maximum Gasteiger partial charge on any atom is 0.0659 e. The monoisotopic (exact) mass is 387 g/mol. The number of hydrogen-bond donors (Lipinski definition) is 2. The van der Waals surface area contributed by atoms with Crippen LogP contribution >= 0.6 is 11.3 Å². The zero-order valence-electron chi connectivity index (χ0n) is 16.4. The minimum Gasteiger partial charge on any atom is -0.392 e. The van der Waals surface area contributed by atoms with Gasteiger partial charge in [0.25, 0.3) is 0 Å². The smallest absolute Gasteiger partial charge is 0.0659 e. The maximum absolute atomic E-state index is 10.6. The van der Waals surface area contributed by atoms with Gasteiger partial charge in [0.2, 0.25) is 0 Å². The van der Waals surface area contributed by atoms with E-state index in [4.69, 9.17) is 0 Å². The second-order valence-electron chi connectivity index (χ2n) is 8.50. The molecule has 0 saturated heterocycles. The fourth-order valence-corrected chi connectivity index (χ4v) is 5.84. The maximum atomic E-state index is 10.6. The van der Waals surface area contributed by atoms with E-state index in [1.54, 1.807) is 11.3 Å². The van der Waals surface area contributed by atoms with Crippen molar-refractivity contribution in [3.63, 3.8) is 0 Å². The SMILES string of the molecule is CCC1(C(O)C/C=C/[C@@H]2[C@@H](CCCc3cccs3)[C@H](C#N)C[C@H]2O)CCC1. The minimum atomic E-state index is -0.432. The van der Waals surface area contributed by atoms with Crippen LogP contribution < -0.4 is 0 Å². The fourth-order valence-electron chi connectivity index (χ4n) is 5.09. The Morgan fingerprint density at radius 2 is 2.26 bits per heavy atom. The van der Waals surface area contributed by atoms with E-state index >= 15 is 0 Å². The summed E-state index contributed by atoms with van der Waals surface area (Å²) >= 11 is 1.79. The second kappa shape index (κ2) is 9.37. The highest BCUT2D eigenvalue weighted by Crippen LogP contribution is 2.48. The Hall–Kier alpha value is -1.15. The lowest BCUT2D eigenvalue weighted by Gasteiger charge is -2.45. The Morgan fingerprint density at radius 3 is 2.85 bits per heavy atom. The predicted octanol–water partition coefficient (Wildman–Crippen LogP) is 5.10. The van der Waals surface area contributed by atoms with Crippen molar-refractivity contribution in [1.82, 2.24) is 0 Å². The molecule has 27 heavy (non-hydrogen) atoms. The first-order chi connectivity index (χ1) is 13.1. The molecule has 2 aliphatic carbocycles. The molecule has 1 heterocycles. The zero-order valence-corrected chi connectivity index (χ0v) is 17.2. The van der Waals surface area contributed by atoms with Crippen molar-refractivity contribution >= 4 is 11.3 Å². The first-order valence-electron chi connectivity index (χ1n) is 10.5. The lowest BCUT2D eigenvalue weighted by atomic mass is 9.63. The summed E-state index contributed by atoms with van der Waals surface area (Å²) in [6.45, 7) is 2.17. The van der Waals surface area contributed by atoms with Gasteiger partial charge in [0.15, 0.2) is 0 Å². The van der Waals surface area contributed by atoms with Gasteiger partial charge >= 0.3 is 0 Å². The van der Waals surface area contributed by atoms with Gasteiger partial charge in [-0.2, -0.15) is 5.26 Å². The highest BCUT2D eigenvalue weighted by atomic mass is 32.1. The largest absolute Gasteiger partial charge is 0.392 e. The van der Waals surface area contributed by atoms with Gasteiger partial charge in [0, 0.05) is 10.8 Å². The molecule has 2 saturated carbocycles. The van der Waals surface area contributed by atoms with E-state index in [1.807, 2.05) is 0 Å². The van der Waals surface area contributed by atoms with Crippen LogP contribution in [0.25, 0.3) is 0 Å². The molecule has 3 rings (SSSR count). The molecule has 0 aromatic carbocycles. The third-order valence-electron chi connectivity index (χ3n) is 7.14. The molecule has 2 N–H and O–H groups in total. The number of thiophene rings is 1. The van der Waals surface area contributed by atoms with Crippen LogP contribution in [0.2, 0.25) is 0 Å². The summed E-state index contributed by atoms with van der Waals surface area (Å²) in [5, 5.41) is 32.7. The Morgan fingerprint density at radius 1 is 1.44 bits per heavy atom. The lowest BCUT2D eigenvalue weighted by Crippen LogP contribution is -2.40. The first-order valence-corrected chi connectivity index (χ1v) is 11.4. The highest BCUT2D eigenvalue weighted by molar-refractivity contribution is 7.09. The molecule has 1 aromatic rings. The number of aliphatic hydroxyl groups excluding tert-OH is 2. The molecule has 0 aliphatic heterocycles. The van der Waals surface area contributed by atoms with Crippen LogP contribution in [-0.2, 0) is 6.42 Å². The molecular weight excluding hydrogens is 354 g/mol. The van der Waals surface area contributed by atoms with Gasteiger partial charge in [0.05, 0.1) is 24.2 Å². The number of nitrogens with zero attached hydrogens (tertiary/aromatic N) is 1. The van der Waals surface area contributed by atoms with Crippen molar-refractivity contribution in [2.45, 2.75) is 76.9 Å². The molecule has 1 unspecified atom stereocenters. The molecule has 1 aromatic heterocycles. The topological polar surface area (TPSA) is 64.2 Å². The molecule has 2 aliphatic rings. The quantitative estimate of drug-likeness (QED) is 0.580. The summed E-state index contributed by atoms with van der Waals surface area (Å²) in [6.07, 6.45) is 12.3. The van der Waals surface area contributed by atoms with Crippen LogP contribution in [-0.4, -0.2) is 22.4 Å². The lowest BCUT2D eigenvalue weighted by molar-refractivity contribution is -0.0355. The summed E-state index contributed by atoms with van der Waals surface area (Å²) in [7, 11) is 0. The average molecular weight is 388 g/mol. The van der Waals surface area contributed by atoms with Crippen LogP contribution in [0.4, 0.5) is 0 Å². The van der Waals surface area contributed by atoms with Crippen molar-refractivity contribution < 1.29 is 10.2 Å². The summed E-state index contributed by atoms with van der Waals surface area (Å²) < 4.78 is 0. The van der Waals surface area contributed by atoms with Gasteiger partial charge in [-0.3, -0.25) is 0 Å². The van der Waals surface area contributed by atoms with Crippen LogP contribution in [0.15, 0.2) is 29.7 Å². The summed E-state index contributed by atoms with van der Waals surface area (Å²) in [5.41, 5.74) is 0.119. The number of nitriles is 1. The predicted molar refractivity (Wildman–Crippen MR) is 110 cm³/mol. The van der Waals surface area contributed by atoms with Gasteiger partial charge in [-0.25, -0.2) is 0 Å². The molecule has 0 bridgehead atoms. The van der Waals surface area contributed by atoms with Crippen LogP contribution in [0.5, 0.6) is 0 Å². The van der Waals surface area contributed by atoms with Gasteiger partial charge in [-0.05, 0) is 74.1 Å². The Bertz CT molecular complexity index is 638. The number of hydrogen-bond acceptors (Lipinski definition) is 4. The van der Waals surface area contributed by atoms with Crippen molar-refractivity contribution in [2.24, 2.45) is 23.2 Å². The third-order valence-corrected chi connectivity index (χ3v) is 8.07. The average Bonchev–Trinajstić information content (AvgIpc) is 3.24. The molecule has 0 radical (unpaired) electrons. The van der Waals surface area contributed by atoms with E-state index in [0.717, 1.165) is 38.5 Å². The Labute approximate surface area is 167 Å². The van der Waals surface area contributed by atoms with Gasteiger partial charge in [-0.1, -0.05) is 31.6 Å². The number of rotatable bonds is 9. The molecule has 0 amide bonds. The number of aryl methyl sites for hydroxylation is 1. The van der Waals surface area contributed by atoms with Crippen LogP contribution in [0, 0.1) is 34.5 Å². The zero-order chi connectivity index (χ0) is 19.3. The van der Waals surface area contributed by atoms with E-state index < -0.39 is 6.10 Å². The molecular formula is C23H33NO2S.